The molecule has 0 unspecified atom stereocenters. The number of benzene rings is 2. The highest BCUT2D eigenvalue weighted by Gasteiger charge is 2.07. The van der Waals surface area contributed by atoms with E-state index in [9.17, 15) is 0 Å². The minimum atomic E-state index is -0.385. The maximum absolute atomic E-state index is 3.94. The molecule has 16 heavy (non-hydrogen) atoms. The van der Waals surface area contributed by atoms with Crippen LogP contribution in [0, 0.1) is 0 Å². The van der Waals surface area contributed by atoms with Crippen LogP contribution in [0.3, 0.4) is 0 Å². The van der Waals surface area contributed by atoms with Gasteiger partial charge in [0.25, 0.3) is 0 Å². The van der Waals surface area contributed by atoms with Crippen LogP contribution in [0.15, 0.2) is 73.1 Å². The maximum atomic E-state index is 3.94. The van der Waals surface area contributed by atoms with Gasteiger partial charge in [0.15, 0.2) is 0 Å². The largest absolute Gasteiger partial charge is 0.412 e. The Bertz CT molecular complexity index is 386. The summed E-state index contributed by atoms with van der Waals surface area (Å²) in [6.45, 7) is 3.94. The first-order chi connectivity index (χ1) is 7.42. The third-order valence-electron chi connectivity index (χ3n) is 2.25. The highest BCUT2D eigenvalue weighted by atomic mass is 31.1. The summed E-state index contributed by atoms with van der Waals surface area (Å²) in [5, 5.41) is 2.71. The van der Waals surface area contributed by atoms with Crippen molar-refractivity contribution in [3.05, 3.63) is 73.1 Å². The summed E-state index contributed by atoms with van der Waals surface area (Å²) < 4.78 is 0. The third-order valence-corrected chi connectivity index (χ3v) is 4.33. The molecule has 0 heterocycles. The monoisotopic (exact) mass is 230 g/mol. The van der Waals surface area contributed by atoms with Gasteiger partial charge in [0, 0.05) is 0 Å². The van der Waals surface area contributed by atoms with Crippen LogP contribution in [-0.4, -0.2) is 5.48 Å². The molecule has 0 saturated carbocycles. The fraction of sp³-hybridized carbons (Fsp3) is 0. The molecule has 0 bridgehead atoms. The van der Waals surface area contributed by atoms with Crippen LogP contribution in [0.25, 0.3) is 0 Å². The van der Waals surface area contributed by atoms with Gasteiger partial charge in [0.2, 0.25) is 0 Å². The smallest absolute Gasteiger partial charge is 0.0157 e. The van der Waals surface area contributed by atoms with E-state index in [4.69, 9.17) is 0 Å². The van der Waals surface area contributed by atoms with Crippen LogP contribution in [0.4, 0.5) is 0 Å². The lowest BCUT2D eigenvalue weighted by atomic mass is 10.4. The highest BCUT2D eigenvalue weighted by molar-refractivity contribution is 7.75. The van der Waals surface area contributed by atoms with Crippen molar-refractivity contribution in [2.45, 2.75) is 0 Å². The van der Waals surface area contributed by atoms with Crippen LogP contribution in [-0.2, 0) is 0 Å². The van der Waals surface area contributed by atoms with Gasteiger partial charge in [-0.2, -0.15) is 0 Å². The summed E-state index contributed by atoms with van der Waals surface area (Å²) in [5.74, 6) is 2.06. The normalized spacial score (nSPS) is 9.56. The van der Waals surface area contributed by atoms with E-state index in [1.54, 1.807) is 0 Å². The first kappa shape index (κ1) is 12.6. The molecule has 1 nitrogen and oxygen atoms in total. The van der Waals surface area contributed by atoms with Crippen LogP contribution in [0.2, 0.25) is 0 Å². The molecule has 0 fully saturated rings. The number of hydrogen-bond donors (Lipinski definition) is 0. The minimum Gasteiger partial charge on any atom is -0.412 e. The molecule has 2 aromatic carbocycles. The van der Waals surface area contributed by atoms with E-state index in [2.05, 4.69) is 60.9 Å². The zero-order valence-electron chi connectivity index (χ0n) is 9.01. The average Bonchev–Trinajstić information content (AvgIpc) is 2.33. The topological polar surface area (TPSA) is 31.5 Å². The fourth-order valence-electron chi connectivity index (χ4n) is 1.54. The van der Waals surface area contributed by atoms with Gasteiger partial charge in [-0.15, -0.1) is 0 Å². The molecule has 0 aliphatic rings. The van der Waals surface area contributed by atoms with Gasteiger partial charge in [-0.1, -0.05) is 73.1 Å². The number of hydrogen-bond acceptors (Lipinski definition) is 0. The van der Waals surface area contributed by atoms with Crippen LogP contribution >= 0.6 is 7.92 Å². The fourth-order valence-corrected chi connectivity index (χ4v) is 3.24. The molecule has 0 aliphatic carbocycles. The molecular formula is C14H15OP. The summed E-state index contributed by atoms with van der Waals surface area (Å²) in [5.41, 5.74) is 0. The maximum Gasteiger partial charge on any atom is -0.0157 e. The van der Waals surface area contributed by atoms with Gasteiger partial charge >= 0.3 is 0 Å². The van der Waals surface area contributed by atoms with Crippen molar-refractivity contribution in [2.24, 2.45) is 0 Å². The van der Waals surface area contributed by atoms with Gasteiger partial charge in [-0.3, -0.25) is 0 Å². The first-order valence-electron chi connectivity index (χ1n) is 4.94. The lowest BCUT2D eigenvalue weighted by molar-refractivity contribution is 0.824. The van der Waals surface area contributed by atoms with Crippen LogP contribution in [0.1, 0.15) is 0 Å². The Morgan fingerprint density at radius 1 is 0.750 bits per heavy atom. The molecule has 0 radical (unpaired) electrons. The van der Waals surface area contributed by atoms with Gasteiger partial charge in [-0.25, -0.2) is 0 Å². The minimum absolute atomic E-state index is 0. The highest BCUT2D eigenvalue weighted by Crippen LogP contribution is 2.33. The van der Waals surface area contributed by atoms with E-state index < -0.39 is 0 Å². The van der Waals surface area contributed by atoms with Crippen molar-refractivity contribution >= 4 is 18.5 Å². The van der Waals surface area contributed by atoms with Crippen molar-refractivity contribution in [2.75, 3.05) is 0 Å². The van der Waals surface area contributed by atoms with Gasteiger partial charge in [-0.05, 0) is 18.5 Å². The van der Waals surface area contributed by atoms with E-state index >= 15 is 0 Å². The molecule has 82 valence electrons. The Hall–Kier alpha value is -1.43. The Labute approximate surface area is 97.5 Å². The van der Waals surface area contributed by atoms with E-state index in [1.165, 1.54) is 10.6 Å². The van der Waals surface area contributed by atoms with Gasteiger partial charge < -0.3 is 5.48 Å². The summed E-state index contributed by atoms with van der Waals surface area (Å²) >= 11 is 0. The van der Waals surface area contributed by atoms with E-state index in [-0.39, 0.29) is 13.4 Å². The van der Waals surface area contributed by atoms with E-state index in [1.807, 2.05) is 12.1 Å². The molecule has 0 aromatic heterocycles. The molecule has 2 aromatic rings. The second kappa shape index (κ2) is 6.22. The molecule has 2 heteroatoms. The summed E-state index contributed by atoms with van der Waals surface area (Å²) in [4.78, 5) is 0. The summed E-state index contributed by atoms with van der Waals surface area (Å²) in [6.07, 6.45) is 0. The van der Waals surface area contributed by atoms with Crippen molar-refractivity contribution in [3.63, 3.8) is 0 Å². The van der Waals surface area contributed by atoms with Gasteiger partial charge in [0.05, 0.1) is 0 Å². The standard InChI is InChI=1S/C14H13P.H2O/c1-2-15(13-9-5-3-6-10-13)14-11-7-4-8-12-14;/h2-12H,1H2;1H2. The van der Waals surface area contributed by atoms with E-state index in [0.717, 1.165) is 0 Å². The van der Waals surface area contributed by atoms with Crippen LogP contribution < -0.4 is 10.6 Å². The van der Waals surface area contributed by atoms with Gasteiger partial charge in [0.1, 0.15) is 0 Å². The lowest BCUT2D eigenvalue weighted by Crippen LogP contribution is -2.08. The Morgan fingerprint density at radius 3 is 1.44 bits per heavy atom. The zero-order valence-corrected chi connectivity index (χ0v) is 9.90. The Morgan fingerprint density at radius 2 is 1.12 bits per heavy atom. The quantitative estimate of drug-likeness (QED) is 0.725. The number of rotatable bonds is 3. The molecule has 0 amide bonds. The van der Waals surface area contributed by atoms with Crippen molar-refractivity contribution < 1.29 is 5.48 Å². The molecule has 0 spiro atoms. The summed E-state index contributed by atoms with van der Waals surface area (Å²) in [7, 11) is -0.385. The first-order valence-corrected chi connectivity index (χ1v) is 6.35. The van der Waals surface area contributed by atoms with Crippen LogP contribution in [0.5, 0.6) is 0 Å². The molecule has 0 saturated heterocycles. The zero-order chi connectivity index (χ0) is 10.5. The second-order valence-corrected chi connectivity index (χ2v) is 5.36. The lowest BCUT2D eigenvalue weighted by Gasteiger charge is -2.13. The van der Waals surface area contributed by atoms with E-state index in [0.29, 0.717) is 0 Å². The van der Waals surface area contributed by atoms with Crippen molar-refractivity contribution in [1.82, 2.24) is 0 Å². The molecule has 0 atom stereocenters. The molecule has 0 aliphatic heterocycles. The second-order valence-electron chi connectivity index (χ2n) is 3.22. The third kappa shape index (κ3) is 2.79. The predicted molar refractivity (Wildman–Crippen MR) is 72.9 cm³/mol. The Balaban J connectivity index is 0.00000128. The molecular weight excluding hydrogens is 215 g/mol. The molecule has 2 rings (SSSR count). The predicted octanol–water partition coefficient (Wildman–Crippen LogP) is 2.44. The Kier molecular flexibility index (Phi) is 4.91. The average molecular weight is 230 g/mol. The summed E-state index contributed by atoms with van der Waals surface area (Å²) in [6, 6.07) is 21.1. The SMILES string of the molecule is C=CP(c1ccccc1)c1ccccc1.O. The molecule has 2 N–H and O–H groups in total. The van der Waals surface area contributed by atoms with Crippen molar-refractivity contribution in [3.8, 4) is 0 Å². The van der Waals surface area contributed by atoms with Crippen molar-refractivity contribution in [1.29, 1.82) is 0 Å².